The zero-order valence-corrected chi connectivity index (χ0v) is 18.7. The van der Waals surface area contributed by atoms with Crippen LogP contribution in [-0.2, 0) is 14.4 Å². The van der Waals surface area contributed by atoms with E-state index < -0.39 is 36.4 Å². The molecule has 4 fully saturated rings. The second kappa shape index (κ2) is 9.26. The van der Waals surface area contributed by atoms with E-state index in [1.807, 2.05) is 12.1 Å². The van der Waals surface area contributed by atoms with Gasteiger partial charge >= 0.3 is 17.9 Å². The van der Waals surface area contributed by atoms with Gasteiger partial charge < -0.3 is 31.0 Å². The highest BCUT2D eigenvalue weighted by Gasteiger charge is 2.56. The Kier molecular flexibility index (Phi) is 7.44. The Morgan fingerprint density at radius 1 is 0.909 bits per heavy atom. The van der Waals surface area contributed by atoms with Gasteiger partial charge in [0.25, 0.3) is 0 Å². The lowest BCUT2D eigenvalue weighted by Gasteiger charge is -2.66. The summed E-state index contributed by atoms with van der Waals surface area (Å²) < 4.78 is 0. The van der Waals surface area contributed by atoms with Gasteiger partial charge in [-0.2, -0.15) is 0 Å². The largest absolute Gasteiger partial charge is 0.508 e. The van der Waals surface area contributed by atoms with Crippen molar-refractivity contribution in [1.82, 2.24) is 9.80 Å². The number of aliphatic hydroxyl groups is 1. The van der Waals surface area contributed by atoms with Crippen molar-refractivity contribution >= 4 is 17.9 Å². The molecule has 4 aliphatic rings. The van der Waals surface area contributed by atoms with Gasteiger partial charge in [0.15, 0.2) is 5.60 Å². The van der Waals surface area contributed by atoms with Crippen LogP contribution in [0.5, 0.6) is 5.75 Å². The van der Waals surface area contributed by atoms with Crippen molar-refractivity contribution in [3.05, 3.63) is 29.8 Å². The van der Waals surface area contributed by atoms with E-state index in [0.717, 1.165) is 0 Å². The van der Waals surface area contributed by atoms with Crippen LogP contribution in [0.1, 0.15) is 44.8 Å². The second-order valence-electron chi connectivity index (χ2n) is 10.1. The molecule has 0 amide bonds. The van der Waals surface area contributed by atoms with Crippen LogP contribution in [0.3, 0.4) is 0 Å². The minimum atomic E-state index is -2.74. The third-order valence-corrected chi connectivity index (χ3v) is 6.36. The van der Waals surface area contributed by atoms with Crippen LogP contribution < -0.4 is 0 Å². The highest BCUT2D eigenvalue weighted by atomic mass is 16.4. The number of carbonyl (C=O) groups is 3. The molecule has 4 saturated heterocycles. The van der Waals surface area contributed by atoms with E-state index >= 15 is 0 Å². The zero-order chi connectivity index (χ0) is 23.9. The summed E-state index contributed by atoms with van der Waals surface area (Å²) in [6, 6.07) is 7.78. The lowest BCUT2D eigenvalue weighted by Crippen LogP contribution is -2.70. The van der Waals surface area contributed by atoms with Gasteiger partial charge in [-0.25, -0.2) is 4.79 Å². The van der Waals surface area contributed by atoms with E-state index in [1.54, 1.807) is 0 Å². The Morgan fingerprint density at radius 3 is 1.64 bits per heavy atom. The summed E-state index contributed by atoms with van der Waals surface area (Å²) in [5, 5.41) is 43.3. The highest BCUT2D eigenvalue weighted by molar-refractivity contribution is 5.88. The lowest BCUT2D eigenvalue weighted by atomic mass is 9.63. The minimum absolute atomic E-state index is 0. The fourth-order valence-corrected chi connectivity index (χ4v) is 5.79. The number of aromatic hydroxyl groups is 1. The summed E-state index contributed by atoms with van der Waals surface area (Å²) in [5.41, 5.74) is -0.474. The highest BCUT2D eigenvalue weighted by Crippen LogP contribution is 2.54. The third-order valence-electron chi connectivity index (χ3n) is 6.36. The first kappa shape index (κ1) is 26.5. The number of rotatable bonds is 6. The maximum atomic E-state index is 10.3. The number of hydrogen-bond acceptors (Lipinski definition) is 7. The third kappa shape index (κ3) is 5.80. The van der Waals surface area contributed by atoms with E-state index in [2.05, 4.69) is 35.8 Å². The fourth-order valence-electron chi connectivity index (χ4n) is 5.79. The molecule has 184 valence electrons. The quantitative estimate of drug-likeness (QED) is 0.390. The van der Waals surface area contributed by atoms with E-state index in [0.29, 0.717) is 22.7 Å². The molecule has 7 N–H and O–H groups in total. The van der Waals surface area contributed by atoms with Crippen molar-refractivity contribution in [3.63, 3.8) is 0 Å². The van der Waals surface area contributed by atoms with Gasteiger partial charge in [0.2, 0.25) is 0 Å². The Hall–Kier alpha value is -2.73. The average molecular weight is 469 g/mol. The number of phenols is 1. The standard InChI is InChI=1S/C16H22N2O.C6H8O7.H2O/c1-15-7-16(2)10-17(8-15)14(18(9-15)11-16)12-3-5-13(19)6-4-12;7-3(8)1-6(13,5(11)12)2-4(9)10;/h3-6,14,19H,7-11H2,1-2H3;13H,1-2H2,(H,7,8)(H,9,10)(H,11,12);1H2. The number of aliphatic carboxylic acids is 3. The molecule has 4 bridgehead atoms. The summed E-state index contributed by atoms with van der Waals surface area (Å²) in [4.78, 5) is 35.8. The molecule has 4 heterocycles. The van der Waals surface area contributed by atoms with Crippen LogP contribution in [0.15, 0.2) is 24.3 Å². The average Bonchev–Trinajstić information content (AvgIpc) is 2.59. The number of carboxylic acids is 3. The van der Waals surface area contributed by atoms with Crippen molar-refractivity contribution in [3.8, 4) is 5.75 Å². The maximum Gasteiger partial charge on any atom is 0.336 e. The van der Waals surface area contributed by atoms with Gasteiger partial charge in [0, 0.05) is 26.2 Å². The molecule has 0 unspecified atom stereocenters. The lowest BCUT2D eigenvalue weighted by molar-refractivity contribution is -0.194. The molecule has 0 aliphatic carbocycles. The van der Waals surface area contributed by atoms with E-state index in [4.69, 9.17) is 20.4 Å². The van der Waals surface area contributed by atoms with Crippen molar-refractivity contribution in [2.45, 2.75) is 44.9 Å². The van der Waals surface area contributed by atoms with Crippen molar-refractivity contribution in [2.24, 2.45) is 10.8 Å². The Labute approximate surface area is 191 Å². The first-order chi connectivity index (χ1) is 14.7. The number of carboxylic acid groups (broad SMARTS) is 3. The summed E-state index contributed by atoms with van der Waals surface area (Å²) in [6.07, 6.45) is -0.500. The molecular formula is C22H32N2O9. The maximum absolute atomic E-state index is 10.3. The first-order valence-corrected chi connectivity index (χ1v) is 10.4. The van der Waals surface area contributed by atoms with Crippen LogP contribution in [0.2, 0.25) is 0 Å². The van der Waals surface area contributed by atoms with Gasteiger partial charge in [0.1, 0.15) is 5.75 Å². The monoisotopic (exact) mass is 468 g/mol. The fraction of sp³-hybridized carbons (Fsp3) is 0.591. The van der Waals surface area contributed by atoms with Crippen LogP contribution in [0, 0.1) is 10.8 Å². The van der Waals surface area contributed by atoms with Gasteiger partial charge in [-0.05, 0) is 34.9 Å². The number of nitrogens with zero attached hydrogens (tertiary/aromatic N) is 2. The van der Waals surface area contributed by atoms with E-state index in [1.165, 1.54) is 38.2 Å². The molecule has 11 nitrogen and oxygen atoms in total. The number of hydrogen-bond donors (Lipinski definition) is 5. The molecule has 5 rings (SSSR count). The Bertz CT molecular complexity index is 850. The molecule has 0 atom stereocenters. The molecule has 33 heavy (non-hydrogen) atoms. The van der Waals surface area contributed by atoms with Crippen LogP contribution in [0.4, 0.5) is 0 Å². The predicted octanol–water partition coefficient (Wildman–Crippen LogP) is 0.365. The smallest absolute Gasteiger partial charge is 0.336 e. The molecular weight excluding hydrogens is 436 g/mol. The molecule has 0 radical (unpaired) electrons. The minimum Gasteiger partial charge on any atom is -0.508 e. The molecule has 1 aromatic carbocycles. The van der Waals surface area contributed by atoms with Crippen LogP contribution >= 0.6 is 0 Å². The van der Waals surface area contributed by atoms with Gasteiger partial charge in [-0.3, -0.25) is 19.4 Å². The summed E-state index contributed by atoms with van der Waals surface area (Å²) in [6.45, 7) is 9.73. The first-order valence-electron chi connectivity index (χ1n) is 10.4. The van der Waals surface area contributed by atoms with Crippen molar-refractivity contribution < 1.29 is 45.4 Å². The van der Waals surface area contributed by atoms with Crippen LogP contribution in [0.25, 0.3) is 0 Å². The topological polar surface area (TPSA) is 190 Å². The summed E-state index contributed by atoms with van der Waals surface area (Å²) >= 11 is 0. The molecule has 0 spiro atoms. The second-order valence-corrected chi connectivity index (χ2v) is 10.1. The van der Waals surface area contributed by atoms with Gasteiger partial charge in [0.05, 0.1) is 19.0 Å². The normalized spacial score (nSPS) is 31.7. The molecule has 4 aliphatic heterocycles. The number of phenolic OH excluding ortho intramolecular Hbond substituents is 1. The molecule has 0 saturated carbocycles. The number of benzene rings is 1. The SMILES string of the molecule is CC12CN3CC(C)(CN(C1)C3c1ccc(O)cc1)C2.O.O=C(O)CC(O)(CC(=O)O)C(=O)O. The molecule has 1 aromatic rings. The molecule has 0 aromatic heterocycles. The Balaban J connectivity index is 0.000000246. The Morgan fingerprint density at radius 2 is 1.30 bits per heavy atom. The van der Waals surface area contributed by atoms with Gasteiger partial charge in [-0.15, -0.1) is 0 Å². The summed E-state index contributed by atoms with van der Waals surface area (Å²) in [5.74, 6) is -4.66. The van der Waals surface area contributed by atoms with Crippen LogP contribution in [-0.4, -0.2) is 90.5 Å². The van der Waals surface area contributed by atoms with Crippen molar-refractivity contribution in [2.75, 3.05) is 26.2 Å². The van der Waals surface area contributed by atoms with E-state index in [-0.39, 0.29) is 5.48 Å². The number of piperidine rings is 2. The predicted molar refractivity (Wildman–Crippen MR) is 116 cm³/mol. The van der Waals surface area contributed by atoms with Gasteiger partial charge in [-0.1, -0.05) is 26.0 Å². The van der Waals surface area contributed by atoms with E-state index in [9.17, 15) is 19.5 Å². The zero-order valence-electron chi connectivity index (χ0n) is 18.7. The molecule has 11 heteroatoms. The summed E-state index contributed by atoms with van der Waals surface area (Å²) in [7, 11) is 0. The van der Waals surface area contributed by atoms with Crippen molar-refractivity contribution in [1.29, 1.82) is 0 Å².